The van der Waals surface area contributed by atoms with Crippen LogP contribution in [0.5, 0.6) is 0 Å². The molecule has 51 heavy (non-hydrogen) atoms. The molecule has 286 valence electrons. The van der Waals surface area contributed by atoms with Gasteiger partial charge in [-0.15, -0.1) is 0 Å². The second kappa shape index (κ2) is 17.7. The quantitative estimate of drug-likeness (QED) is 0.188. The van der Waals surface area contributed by atoms with Crippen LogP contribution in [0, 0.1) is 5.92 Å². The molecule has 0 bridgehead atoms. The number of likely N-dealkylation sites (tertiary alicyclic amines) is 1. The van der Waals surface area contributed by atoms with Crippen molar-refractivity contribution in [1.29, 1.82) is 0 Å². The van der Waals surface area contributed by atoms with Crippen molar-refractivity contribution in [3.63, 3.8) is 0 Å². The summed E-state index contributed by atoms with van der Waals surface area (Å²) >= 11 is 0. The Bertz CT molecular complexity index is 1400. The second-order valence-electron chi connectivity index (χ2n) is 15.7. The Morgan fingerprint density at radius 3 is 2.33 bits per heavy atom. The van der Waals surface area contributed by atoms with Gasteiger partial charge in [-0.2, -0.15) is 5.06 Å². The van der Waals surface area contributed by atoms with Crippen LogP contribution >= 0.6 is 7.37 Å². The Morgan fingerprint density at radius 2 is 1.73 bits per heavy atom. The molecule has 4 atom stereocenters. The van der Waals surface area contributed by atoms with Crippen molar-refractivity contribution < 1.29 is 37.8 Å². The Balaban J connectivity index is 1.60. The number of unbranched alkanes of at least 4 members (excludes halogenated alkanes) is 1. The number of rotatable bonds is 14. The third-order valence-electron chi connectivity index (χ3n) is 9.53. The fraction of sp³-hybridized carbons (Fsp3) is 0.730. The number of carbonyl (C=O) groups is 4. The molecule has 4 amide bonds. The van der Waals surface area contributed by atoms with Crippen molar-refractivity contribution in [2.45, 2.75) is 117 Å². The zero-order chi connectivity index (χ0) is 37.5. The molecule has 0 saturated carbocycles. The number of hydrogen-bond acceptors (Lipinski definition) is 9. The van der Waals surface area contributed by atoms with Crippen LogP contribution in [0.25, 0.3) is 0 Å². The number of hydroxylamine groups is 2. The smallest absolute Gasteiger partial charge is 0.410 e. The highest BCUT2D eigenvalue weighted by atomic mass is 31.2. The molecule has 3 aliphatic rings. The molecule has 3 fully saturated rings. The summed E-state index contributed by atoms with van der Waals surface area (Å²) < 4.78 is 24.3. The lowest BCUT2D eigenvalue weighted by Gasteiger charge is -2.55. The summed E-state index contributed by atoms with van der Waals surface area (Å²) in [6, 6.07) is 8.85. The van der Waals surface area contributed by atoms with Crippen molar-refractivity contribution in [3.05, 3.63) is 35.9 Å². The SMILES string of the molecule is CCOP(C)(=O)CC(=O)N1O[C@H](CC(C)C)C(=O)N2[C@@H]1CN(C1CCN(C)CC1)C(=O)[C@@H]2CCCCN(Cc1ccccc1)C(=O)OC(C)(C)C. The van der Waals surface area contributed by atoms with Gasteiger partial charge < -0.3 is 28.9 Å². The molecule has 13 nitrogen and oxygen atoms in total. The number of benzene rings is 1. The van der Waals surface area contributed by atoms with Gasteiger partial charge in [0.25, 0.3) is 11.8 Å². The van der Waals surface area contributed by atoms with Crippen molar-refractivity contribution in [1.82, 2.24) is 24.7 Å². The lowest BCUT2D eigenvalue weighted by atomic mass is 9.94. The summed E-state index contributed by atoms with van der Waals surface area (Å²) in [7, 11) is -1.23. The van der Waals surface area contributed by atoms with Crippen LogP contribution in [0.15, 0.2) is 30.3 Å². The molecule has 3 aliphatic heterocycles. The Kier molecular flexibility index (Phi) is 14.1. The molecule has 14 heteroatoms. The number of carbonyl (C=O) groups excluding carboxylic acids is 4. The first-order chi connectivity index (χ1) is 24.0. The molecule has 1 aromatic rings. The maximum absolute atomic E-state index is 14.5. The lowest BCUT2D eigenvalue weighted by Crippen LogP contribution is -2.74. The van der Waals surface area contributed by atoms with E-state index in [0.29, 0.717) is 38.8 Å². The maximum atomic E-state index is 14.5. The summed E-state index contributed by atoms with van der Waals surface area (Å²) in [6.45, 7) is 15.4. The summed E-state index contributed by atoms with van der Waals surface area (Å²) in [4.78, 5) is 69.4. The number of piperazine rings is 1. The van der Waals surface area contributed by atoms with Crippen LogP contribution in [0.2, 0.25) is 0 Å². The predicted molar refractivity (Wildman–Crippen MR) is 195 cm³/mol. The van der Waals surface area contributed by atoms with Gasteiger partial charge in [0.15, 0.2) is 12.3 Å². The van der Waals surface area contributed by atoms with Gasteiger partial charge in [-0.25, -0.2) is 4.79 Å². The van der Waals surface area contributed by atoms with Gasteiger partial charge in [0.05, 0.1) is 13.2 Å². The topological polar surface area (TPSA) is 129 Å². The molecular formula is C37H60N5O8P. The highest BCUT2D eigenvalue weighted by Crippen LogP contribution is 2.43. The molecule has 1 unspecified atom stereocenters. The normalized spacial score (nSPS) is 23.3. The number of ether oxygens (including phenoxy) is 1. The van der Waals surface area contributed by atoms with Crippen molar-refractivity contribution in [2.75, 3.05) is 52.7 Å². The largest absolute Gasteiger partial charge is 0.444 e. The van der Waals surface area contributed by atoms with Crippen LogP contribution in [-0.2, 0) is 39.6 Å². The minimum Gasteiger partial charge on any atom is -0.444 e. The third kappa shape index (κ3) is 11.2. The minimum atomic E-state index is -3.28. The van der Waals surface area contributed by atoms with E-state index in [1.54, 1.807) is 16.7 Å². The number of fused-ring (bicyclic) bond motifs is 1. The zero-order valence-electron chi connectivity index (χ0n) is 31.9. The van der Waals surface area contributed by atoms with E-state index in [2.05, 4.69) is 11.9 Å². The fourth-order valence-corrected chi connectivity index (χ4v) is 8.38. The first-order valence-corrected chi connectivity index (χ1v) is 20.8. The van der Waals surface area contributed by atoms with E-state index >= 15 is 0 Å². The van der Waals surface area contributed by atoms with Crippen LogP contribution in [0.1, 0.15) is 85.6 Å². The molecule has 4 rings (SSSR count). The molecule has 3 heterocycles. The van der Waals surface area contributed by atoms with Gasteiger partial charge in [-0.05, 0) is 97.8 Å². The number of nitrogens with zero attached hydrogens (tertiary/aromatic N) is 5. The molecule has 0 aromatic heterocycles. The van der Waals surface area contributed by atoms with Gasteiger partial charge in [0.1, 0.15) is 17.8 Å². The average Bonchev–Trinajstić information content (AvgIpc) is 3.04. The summed E-state index contributed by atoms with van der Waals surface area (Å²) in [5.41, 5.74) is 0.316. The Hall–Kier alpha value is -2.99. The van der Waals surface area contributed by atoms with E-state index in [9.17, 15) is 23.7 Å². The zero-order valence-corrected chi connectivity index (χ0v) is 32.8. The first kappa shape index (κ1) is 40.8. The average molecular weight is 734 g/mol. The number of hydrogen-bond donors (Lipinski definition) is 0. The molecule has 0 N–H and O–H groups in total. The Labute approximate surface area is 304 Å². The highest BCUT2D eigenvalue weighted by molar-refractivity contribution is 7.59. The Morgan fingerprint density at radius 1 is 1.06 bits per heavy atom. The van der Waals surface area contributed by atoms with E-state index in [1.165, 1.54) is 11.7 Å². The second-order valence-corrected chi connectivity index (χ2v) is 18.3. The summed E-state index contributed by atoms with van der Waals surface area (Å²) in [5.74, 6) is -0.902. The first-order valence-electron chi connectivity index (χ1n) is 18.5. The van der Waals surface area contributed by atoms with Gasteiger partial charge in [-0.3, -0.25) is 23.8 Å². The monoisotopic (exact) mass is 733 g/mol. The van der Waals surface area contributed by atoms with Crippen LogP contribution in [-0.4, -0.2) is 131 Å². The van der Waals surface area contributed by atoms with Crippen LogP contribution in [0.3, 0.4) is 0 Å². The lowest BCUT2D eigenvalue weighted by molar-refractivity contribution is -0.276. The molecule has 0 spiro atoms. The molecule has 1 aromatic carbocycles. The summed E-state index contributed by atoms with van der Waals surface area (Å²) in [6.07, 6.45) is 0.744. The van der Waals surface area contributed by atoms with Crippen molar-refractivity contribution in [3.8, 4) is 0 Å². The molecule has 0 aliphatic carbocycles. The summed E-state index contributed by atoms with van der Waals surface area (Å²) in [5, 5.41) is 1.22. The molecular weight excluding hydrogens is 673 g/mol. The standard InChI is InChI=1S/C37H60N5O8P/c1-9-48-51(8,47)26-33(43)42-32-25-40(29-18-21-38(7)22-19-29)34(44)30(41(32)35(45)31(50-42)23-27(2)3)17-13-14-20-39(36(46)49-37(4,5)6)24-28-15-11-10-12-16-28/h10-12,15-16,27,29-32H,9,13-14,17-26H2,1-8H3/t30-,31+,32-,51?/m0/s1. The number of amides is 4. The third-order valence-corrected chi connectivity index (χ3v) is 11.2. The van der Waals surface area contributed by atoms with Gasteiger partial charge in [0, 0.05) is 25.8 Å². The maximum Gasteiger partial charge on any atom is 0.410 e. The molecule has 0 radical (unpaired) electrons. The van der Waals surface area contributed by atoms with E-state index in [4.69, 9.17) is 14.1 Å². The fourth-order valence-electron chi connectivity index (χ4n) is 7.11. The number of piperidine rings is 1. The van der Waals surface area contributed by atoms with Crippen molar-refractivity contribution >= 4 is 31.2 Å². The van der Waals surface area contributed by atoms with E-state index in [0.717, 1.165) is 31.5 Å². The van der Waals surface area contributed by atoms with Gasteiger partial charge in [-0.1, -0.05) is 44.2 Å². The molecule has 3 saturated heterocycles. The van der Waals surface area contributed by atoms with Gasteiger partial charge >= 0.3 is 6.09 Å². The van der Waals surface area contributed by atoms with E-state index in [-0.39, 0.29) is 43.1 Å². The van der Waals surface area contributed by atoms with E-state index in [1.807, 2.05) is 69.9 Å². The van der Waals surface area contributed by atoms with Crippen LogP contribution < -0.4 is 0 Å². The predicted octanol–water partition coefficient (Wildman–Crippen LogP) is 5.19. The van der Waals surface area contributed by atoms with Crippen LogP contribution in [0.4, 0.5) is 4.79 Å². The highest BCUT2D eigenvalue weighted by Gasteiger charge is 2.54. The van der Waals surface area contributed by atoms with Gasteiger partial charge in [0.2, 0.25) is 13.3 Å². The minimum absolute atomic E-state index is 0.0481. The van der Waals surface area contributed by atoms with E-state index < -0.39 is 43.3 Å². The van der Waals surface area contributed by atoms with Crippen molar-refractivity contribution in [2.24, 2.45) is 5.92 Å².